The van der Waals surface area contributed by atoms with Crippen LogP contribution >= 0.6 is 0 Å². The molecule has 1 aromatic rings. The van der Waals surface area contributed by atoms with Gasteiger partial charge in [-0.3, -0.25) is 9.78 Å². The molecule has 0 radical (unpaired) electrons. The molecular formula is C18H26N4O3. The van der Waals surface area contributed by atoms with Crippen LogP contribution in [0.25, 0.3) is 0 Å². The number of nitrogens with one attached hydrogen (secondary N) is 2. The zero-order valence-corrected chi connectivity index (χ0v) is 15.0. The summed E-state index contributed by atoms with van der Waals surface area (Å²) in [5.41, 5.74) is 0.465. The lowest BCUT2D eigenvalue weighted by Gasteiger charge is -2.38. The van der Waals surface area contributed by atoms with Crippen LogP contribution in [-0.4, -0.2) is 65.6 Å². The molecule has 0 saturated carbocycles. The normalized spacial score (nSPS) is 29.5. The van der Waals surface area contributed by atoms with E-state index in [0.717, 1.165) is 5.69 Å². The Balaban J connectivity index is 1.77. The summed E-state index contributed by atoms with van der Waals surface area (Å²) in [6.07, 6.45) is 2.14. The first kappa shape index (κ1) is 17.8. The summed E-state index contributed by atoms with van der Waals surface area (Å²) in [7, 11) is 0. The number of hydrogen-bond acceptors (Lipinski definition) is 5. The van der Waals surface area contributed by atoms with Gasteiger partial charge in [0, 0.05) is 37.1 Å². The molecular weight excluding hydrogens is 320 g/mol. The highest BCUT2D eigenvalue weighted by Crippen LogP contribution is 2.22. The van der Waals surface area contributed by atoms with E-state index >= 15 is 0 Å². The van der Waals surface area contributed by atoms with Gasteiger partial charge in [-0.15, -0.1) is 0 Å². The van der Waals surface area contributed by atoms with Crippen LogP contribution < -0.4 is 10.6 Å². The predicted octanol–water partition coefficient (Wildman–Crippen LogP) is 1.12. The highest BCUT2D eigenvalue weighted by Gasteiger charge is 2.44. The number of aryl methyl sites for hydroxylation is 1. The fourth-order valence-corrected chi connectivity index (χ4v) is 3.56. The number of pyridine rings is 1. The van der Waals surface area contributed by atoms with Gasteiger partial charge in [-0.25, -0.2) is 4.79 Å². The quantitative estimate of drug-likeness (QED) is 0.802. The number of urea groups is 1. The average Bonchev–Trinajstić information content (AvgIpc) is 3.03. The number of carbonyl (C=O) groups excluding carboxylic acids is 2. The van der Waals surface area contributed by atoms with E-state index in [1.54, 1.807) is 17.2 Å². The Labute approximate surface area is 148 Å². The molecule has 2 N–H and O–H groups in total. The van der Waals surface area contributed by atoms with Crippen molar-refractivity contribution in [3.63, 3.8) is 0 Å². The van der Waals surface area contributed by atoms with E-state index < -0.39 is 5.54 Å². The van der Waals surface area contributed by atoms with Crippen LogP contribution in [0.4, 0.5) is 4.79 Å². The van der Waals surface area contributed by atoms with Gasteiger partial charge >= 0.3 is 6.03 Å². The highest BCUT2D eigenvalue weighted by molar-refractivity contribution is 6.05. The van der Waals surface area contributed by atoms with Crippen LogP contribution in [0.3, 0.4) is 0 Å². The first-order valence-electron chi connectivity index (χ1n) is 8.80. The van der Waals surface area contributed by atoms with E-state index in [1.165, 1.54) is 0 Å². The van der Waals surface area contributed by atoms with Gasteiger partial charge in [0.25, 0.3) is 0 Å². The summed E-state index contributed by atoms with van der Waals surface area (Å²) in [6.45, 7) is 7.96. The molecule has 2 amide bonds. The first-order chi connectivity index (χ1) is 11.9. The molecule has 136 valence electrons. The molecule has 2 fully saturated rings. The lowest BCUT2D eigenvalue weighted by molar-refractivity contribution is -0.0550. The van der Waals surface area contributed by atoms with Crippen molar-refractivity contribution in [1.29, 1.82) is 0 Å². The van der Waals surface area contributed by atoms with Gasteiger partial charge in [-0.2, -0.15) is 0 Å². The Morgan fingerprint density at radius 3 is 2.60 bits per heavy atom. The average molecular weight is 346 g/mol. The van der Waals surface area contributed by atoms with Crippen molar-refractivity contribution in [2.45, 2.75) is 44.9 Å². The number of carbonyl (C=O) groups is 2. The Morgan fingerprint density at radius 1 is 1.32 bits per heavy atom. The smallest absolute Gasteiger partial charge is 0.318 e. The summed E-state index contributed by atoms with van der Waals surface area (Å²) >= 11 is 0. The maximum Gasteiger partial charge on any atom is 0.318 e. The van der Waals surface area contributed by atoms with Gasteiger partial charge < -0.3 is 20.3 Å². The summed E-state index contributed by atoms with van der Waals surface area (Å²) in [5.74, 6) is -0.0901. The van der Waals surface area contributed by atoms with Gasteiger partial charge in [0.1, 0.15) is 5.54 Å². The number of aromatic nitrogens is 1. The highest BCUT2D eigenvalue weighted by atomic mass is 16.5. The van der Waals surface area contributed by atoms with E-state index in [0.29, 0.717) is 38.2 Å². The zero-order chi connectivity index (χ0) is 18.0. The summed E-state index contributed by atoms with van der Waals surface area (Å²) in [5, 5.41) is 6.21. The number of ketones is 1. The molecule has 3 heterocycles. The lowest BCUT2D eigenvalue weighted by Crippen LogP contribution is -2.61. The first-order valence-corrected chi connectivity index (χ1v) is 8.80. The third-order valence-corrected chi connectivity index (χ3v) is 4.82. The molecule has 7 heteroatoms. The summed E-state index contributed by atoms with van der Waals surface area (Å²) in [6, 6.07) is 3.38. The summed E-state index contributed by atoms with van der Waals surface area (Å²) in [4.78, 5) is 31.8. The van der Waals surface area contributed by atoms with Crippen molar-refractivity contribution in [3.05, 3.63) is 29.6 Å². The number of Topliss-reactive ketones (excluding diaryl/α,β-unsaturated/α-hetero) is 1. The molecule has 2 aliphatic heterocycles. The minimum atomic E-state index is -0.918. The SMILES string of the molecule is Cc1ccc(C(=O)[C@@]2(NC(=O)N3CC(C)OC(C)C3)CCNC2)cn1. The van der Waals surface area contributed by atoms with Crippen LogP contribution in [0.1, 0.15) is 36.3 Å². The Bertz CT molecular complexity index is 630. The zero-order valence-electron chi connectivity index (χ0n) is 15.0. The largest absolute Gasteiger partial charge is 0.372 e. The van der Waals surface area contributed by atoms with E-state index in [9.17, 15) is 9.59 Å². The number of rotatable bonds is 3. The molecule has 25 heavy (non-hydrogen) atoms. The topological polar surface area (TPSA) is 83.6 Å². The number of morpholine rings is 1. The predicted molar refractivity (Wildman–Crippen MR) is 93.6 cm³/mol. The van der Waals surface area contributed by atoms with Crippen LogP contribution in [0.2, 0.25) is 0 Å². The molecule has 3 atom stereocenters. The van der Waals surface area contributed by atoms with Gasteiger partial charge in [-0.1, -0.05) is 0 Å². The monoisotopic (exact) mass is 346 g/mol. The molecule has 7 nitrogen and oxygen atoms in total. The van der Waals surface area contributed by atoms with Crippen molar-refractivity contribution in [2.75, 3.05) is 26.2 Å². The third-order valence-electron chi connectivity index (χ3n) is 4.82. The minimum Gasteiger partial charge on any atom is -0.372 e. The number of ether oxygens (including phenoxy) is 1. The second kappa shape index (κ2) is 7.09. The molecule has 0 bridgehead atoms. The van der Waals surface area contributed by atoms with Gasteiger partial charge in [0.05, 0.1) is 12.2 Å². The Morgan fingerprint density at radius 2 is 2.04 bits per heavy atom. The Hall–Kier alpha value is -1.99. The molecule has 2 unspecified atom stereocenters. The van der Waals surface area contributed by atoms with Gasteiger partial charge in [-0.05, 0) is 45.9 Å². The van der Waals surface area contributed by atoms with Crippen molar-refractivity contribution in [1.82, 2.24) is 20.5 Å². The van der Waals surface area contributed by atoms with Gasteiger partial charge in [0.15, 0.2) is 5.78 Å². The van der Waals surface area contributed by atoms with Crippen molar-refractivity contribution in [3.8, 4) is 0 Å². The van der Waals surface area contributed by atoms with E-state index in [1.807, 2.05) is 26.8 Å². The molecule has 3 rings (SSSR count). The maximum atomic E-state index is 13.1. The lowest BCUT2D eigenvalue weighted by atomic mass is 9.89. The van der Waals surface area contributed by atoms with E-state index in [-0.39, 0.29) is 24.0 Å². The molecule has 0 aromatic carbocycles. The Kier molecular flexibility index (Phi) is 5.06. The van der Waals surface area contributed by atoms with E-state index in [4.69, 9.17) is 4.74 Å². The molecule has 0 aliphatic carbocycles. The van der Waals surface area contributed by atoms with Crippen molar-refractivity contribution < 1.29 is 14.3 Å². The van der Waals surface area contributed by atoms with Crippen LogP contribution in [0.15, 0.2) is 18.3 Å². The standard InChI is InChI=1S/C18H26N4O3/c1-12-4-5-15(8-20-12)16(23)18(6-7-19-11-18)21-17(24)22-9-13(2)25-14(3)10-22/h4-5,8,13-14,19H,6-7,9-11H2,1-3H3,(H,21,24)/t13?,14?,18-/m1/s1. The van der Waals surface area contributed by atoms with Crippen LogP contribution in [-0.2, 0) is 4.74 Å². The van der Waals surface area contributed by atoms with Crippen molar-refractivity contribution >= 4 is 11.8 Å². The number of nitrogens with zero attached hydrogens (tertiary/aromatic N) is 2. The second-order valence-electron chi connectivity index (χ2n) is 7.12. The number of hydrogen-bond donors (Lipinski definition) is 2. The minimum absolute atomic E-state index is 0.0100. The van der Waals surface area contributed by atoms with Gasteiger partial charge in [0.2, 0.25) is 0 Å². The summed E-state index contributed by atoms with van der Waals surface area (Å²) < 4.78 is 5.68. The fourth-order valence-electron chi connectivity index (χ4n) is 3.56. The maximum absolute atomic E-state index is 13.1. The fraction of sp³-hybridized carbons (Fsp3) is 0.611. The molecule has 2 saturated heterocycles. The van der Waals surface area contributed by atoms with Crippen LogP contribution in [0.5, 0.6) is 0 Å². The molecule has 2 aliphatic rings. The van der Waals surface area contributed by atoms with Crippen molar-refractivity contribution in [2.24, 2.45) is 0 Å². The third kappa shape index (κ3) is 3.82. The number of amides is 2. The molecule has 1 aromatic heterocycles. The van der Waals surface area contributed by atoms with Crippen LogP contribution in [0, 0.1) is 6.92 Å². The molecule has 0 spiro atoms. The second-order valence-corrected chi connectivity index (χ2v) is 7.12. The van der Waals surface area contributed by atoms with E-state index in [2.05, 4.69) is 15.6 Å².